The van der Waals surface area contributed by atoms with Gasteiger partial charge >= 0.3 is 0 Å². The van der Waals surface area contributed by atoms with Gasteiger partial charge in [0.25, 0.3) is 0 Å². The highest BCUT2D eigenvalue weighted by Crippen LogP contribution is 2.39. The van der Waals surface area contributed by atoms with Gasteiger partial charge in [0, 0.05) is 37.7 Å². The van der Waals surface area contributed by atoms with E-state index >= 15 is 0 Å². The van der Waals surface area contributed by atoms with Crippen LogP contribution in [0.4, 0.5) is 0 Å². The van der Waals surface area contributed by atoms with E-state index < -0.39 is 0 Å². The number of nitrogens with zero attached hydrogens (tertiary/aromatic N) is 2. The summed E-state index contributed by atoms with van der Waals surface area (Å²) in [5, 5.41) is 4.09. The Hall–Kier alpha value is -2.34. The highest BCUT2D eigenvalue weighted by atomic mass is 16.5. The van der Waals surface area contributed by atoms with E-state index in [2.05, 4.69) is 25.1 Å². The molecule has 0 N–H and O–H groups in total. The van der Waals surface area contributed by atoms with Crippen molar-refractivity contribution in [2.45, 2.75) is 32.3 Å². The predicted octanol–water partition coefficient (Wildman–Crippen LogP) is 2.54. The molecule has 0 spiro atoms. The van der Waals surface area contributed by atoms with E-state index in [-0.39, 0.29) is 17.7 Å². The summed E-state index contributed by atoms with van der Waals surface area (Å²) in [7, 11) is 1.62. The maximum atomic E-state index is 12.9. The molecule has 0 aliphatic carbocycles. The van der Waals surface area contributed by atoms with Gasteiger partial charge in [-0.15, -0.1) is 0 Å². The van der Waals surface area contributed by atoms with Crippen LogP contribution in [0.1, 0.15) is 40.0 Å². The van der Waals surface area contributed by atoms with Crippen LogP contribution >= 0.6 is 0 Å². The van der Waals surface area contributed by atoms with E-state index in [0.717, 1.165) is 17.0 Å². The summed E-state index contributed by atoms with van der Waals surface area (Å²) in [4.78, 5) is 14.7. The Bertz CT molecular complexity index is 808. The standard InChI is InChI=1S/C19H22N2O4/c1-11-4-15-16(10-24-18(15)5-12(11)2)19(22)21-7-13(8-21)17-6-14(9-23-3)25-20-17/h4-6,13,16H,7-10H2,1-3H3. The van der Waals surface area contributed by atoms with Gasteiger partial charge < -0.3 is 18.9 Å². The van der Waals surface area contributed by atoms with Gasteiger partial charge in [-0.1, -0.05) is 11.2 Å². The molecule has 1 amide bonds. The van der Waals surface area contributed by atoms with Gasteiger partial charge in [-0.2, -0.15) is 0 Å². The molecule has 4 rings (SSSR count). The number of methoxy groups -OCH3 is 1. The minimum absolute atomic E-state index is 0.138. The van der Waals surface area contributed by atoms with Gasteiger partial charge in [0.15, 0.2) is 5.76 Å². The van der Waals surface area contributed by atoms with E-state index in [1.807, 2.05) is 17.0 Å². The lowest BCUT2D eigenvalue weighted by molar-refractivity contribution is -0.137. The van der Waals surface area contributed by atoms with Crippen molar-refractivity contribution in [3.05, 3.63) is 46.3 Å². The van der Waals surface area contributed by atoms with Crippen LogP contribution in [0.3, 0.4) is 0 Å². The maximum absolute atomic E-state index is 12.9. The van der Waals surface area contributed by atoms with Gasteiger partial charge in [0.2, 0.25) is 5.91 Å². The first-order valence-electron chi connectivity index (χ1n) is 8.54. The summed E-state index contributed by atoms with van der Waals surface area (Å²) in [6.07, 6.45) is 0. The lowest BCUT2D eigenvalue weighted by Crippen LogP contribution is -2.50. The Balaban J connectivity index is 1.42. The molecule has 0 saturated carbocycles. The molecule has 6 heteroatoms. The fourth-order valence-corrected chi connectivity index (χ4v) is 3.47. The lowest BCUT2D eigenvalue weighted by atomic mass is 9.91. The van der Waals surface area contributed by atoms with Crippen molar-refractivity contribution in [2.75, 3.05) is 26.8 Å². The number of carbonyl (C=O) groups is 1. The number of carbonyl (C=O) groups excluding carboxylic acids is 1. The molecule has 1 fully saturated rings. The van der Waals surface area contributed by atoms with Crippen molar-refractivity contribution in [3.63, 3.8) is 0 Å². The second-order valence-electron chi connectivity index (χ2n) is 6.93. The second-order valence-corrected chi connectivity index (χ2v) is 6.93. The highest BCUT2D eigenvalue weighted by Gasteiger charge is 2.40. The molecular weight excluding hydrogens is 320 g/mol. The zero-order valence-corrected chi connectivity index (χ0v) is 14.7. The molecule has 6 nitrogen and oxygen atoms in total. The van der Waals surface area contributed by atoms with Gasteiger partial charge in [-0.3, -0.25) is 4.79 Å². The van der Waals surface area contributed by atoms with Crippen molar-refractivity contribution in [1.82, 2.24) is 10.1 Å². The Morgan fingerprint density at radius 3 is 2.80 bits per heavy atom. The Kier molecular flexibility index (Phi) is 4.00. The maximum Gasteiger partial charge on any atom is 0.233 e. The summed E-state index contributed by atoms with van der Waals surface area (Å²) in [6.45, 7) is 6.32. The Morgan fingerprint density at radius 1 is 1.28 bits per heavy atom. The first-order valence-corrected chi connectivity index (χ1v) is 8.54. The SMILES string of the molecule is COCc1cc(C2CN(C(=O)C3COc4cc(C)c(C)cc43)C2)no1. The van der Waals surface area contributed by atoms with Crippen LogP contribution in [0.5, 0.6) is 5.75 Å². The Labute approximate surface area is 146 Å². The number of fused-ring (bicyclic) bond motifs is 1. The van der Waals surface area contributed by atoms with E-state index in [1.165, 1.54) is 11.1 Å². The van der Waals surface area contributed by atoms with E-state index in [9.17, 15) is 4.79 Å². The van der Waals surface area contributed by atoms with Crippen LogP contribution < -0.4 is 4.74 Å². The van der Waals surface area contributed by atoms with Crippen molar-refractivity contribution in [2.24, 2.45) is 0 Å². The third-order valence-corrected chi connectivity index (χ3v) is 5.18. The number of likely N-dealkylation sites (tertiary alicyclic amines) is 1. The molecule has 1 atom stereocenters. The molecule has 2 aromatic rings. The smallest absolute Gasteiger partial charge is 0.233 e. The van der Waals surface area contributed by atoms with Crippen molar-refractivity contribution in [1.29, 1.82) is 0 Å². The fourth-order valence-electron chi connectivity index (χ4n) is 3.47. The van der Waals surface area contributed by atoms with E-state index in [0.29, 0.717) is 32.1 Å². The van der Waals surface area contributed by atoms with E-state index in [4.69, 9.17) is 14.0 Å². The van der Waals surface area contributed by atoms with Crippen LogP contribution in [0.25, 0.3) is 0 Å². The number of ether oxygens (including phenoxy) is 2. The minimum atomic E-state index is -0.198. The molecule has 1 saturated heterocycles. The molecule has 132 valence electrons. The second kappa shape index (κ2) is 6.19. The van der Waals surface area contributed by atoms with Crippen LogP contribution in [0.2, 0.25) is 0 Å². The molecule has 2 aliphatic heterocycles. The summed E-state index contributed by atoms with van der Waals surface area (Å²) in [5.74, 6) is 1.74. The molecule has 25 heavy (non-hydrogen) atoms. The summed E-state index contributed by atoms with van der Waals surface area (Å²) in [6, 6.07) is 6.03. The van der Waals surface area contributed by atoms with E-state index in [1.54, 1.807) is 7.11 Å². The normalized spacial score (nSPS) is 19.5. The first-order chi connectivity index (χ1) is 12.1. The number of aryl methyl sites for hydroxylation is 2. The number of rotatable bonds is 4. The van der Waals surface area contributed by atoms with Crippen LogP contribution in [-0.4, -0.2) is 42.8 Å². The monoisotopic (exact) mass is 342 g/mol. The molecular formula is C19H22N2O4. The molecule has 0 bridgehead atoms. The number of hydrogen-bond donors (Lipinski definition) is 0. The number of amides is 1. The van der Waals surface area contributed by atoms with Gasteiger partial charge in [0.1, 0.15) is 24.9 Å². The Morgan fingerprint density at radius 2 is 2.04 bits per heavy atom. The van der Waals surface area contributed by atoms with Gasteiger partial charge in [0.05, 0.1) is 5.69 Å². The third-order valence-electron chi connectivity index (χ3n) is 5.18. The lowest BCUT2D eigenvalue weighted by Gasteiger charge is -2.39. The van der Waals surface area contributed by atoms with Gasteiger partial charge in [-0.25, -0.2) is 0 Å². The van der Waals surface area contributed by atoms with Crippen molar-refractivity contribution < 1.29 is 18.8 Å². The average Bonchev–Trinajstić information content (AvgIpc) is 3.14. The molecule has 1 aromatic carbocycles. The molecule has 2 aliphatic rings. The number of aromatic nitrogens is 1. The molecule has 1 unspecified atom stereocenters. The first kappa shape index (κ1) is 16.1. The largest absolute Gasteiger partial charge is 0.492 e. The van der Waals surface area contributed by atoms with Gasteiger partial charge in [-0.05, 0) is 31.0 Å². The topological polar surface area (TPSA) is 64.8 Å². The highest BCUT2D eigenvalue weighted by molar-refractivity contribution is 5.86. The zero-order chi connectivity index (χ0) is 17.6. The van der Waals surface area contributed by atoms with Crippen LogP contribution in [-0.2, 0) is 16.1 Å². The van der Waals surface area contributed by atoms with Crippen molar-refractivity contribution in [3.8, 4) is 5.75 Å². The predicted molar refractivity (Wildman–Crippen MR) is 90.7 cm³/mol. The molecule has 3 heterocycles. The summed E-state index contributed by atoms with van der Waals surface area (Å²) < 4.78 is 16.0. The third kappa shape index (κ3) is 2.80. The fraction of sp³-hybridized carbons (Fsp3) is 0.474. The van der Waals surface area contributed by atoms with Crippen LogP contribution in [0, 0.1) is 13.8 Å². The molecule has 1 aromatic heterocycles. The molecule has 0 radical (unpaired) electrons. The summed E-state index contributed by atoms with van der Waals surface area (Å²) in [5.41, 5.74) is 4.29. The zero-order valence-electron chi connectivity index (χ0n) is 14.7. The average molecular weight is 342 g/mol. The number of benzene rings is 1. The quantitative estimate of drug-likeness (QED) is 0.854. The van der Waals surface area contributed by atoms with Crippen LogP contribution in [0.15, 0.2) is 22.7 Å². The van der Waals surface area contributed by atoms with Crippen molar-refractivity contribution >= 4 is 5.91 Å². The minimum Gasteiger partial charge on any atom is -0.492 e. The summed E-state index contributed by atoms with van der Waals surface area (Å²) >= 11 is 0. The number of hydrogen-bond acceptors (Lipinski definition) is 5.